The van der Waals surface area contributed by atoms with Gasteiger partial charge in [-0.15, -0.1) is 5.10 Å². The van der Waals surface area contributed by atoms with E-state index in [1.54, 1.807) is 6.20 Å². The second-order valence-corrected chi connectivity index (χ2v) is 7.09. The fourth-order valence-corrected chi connectivity index (χ4v) is 3.39. The Kier molecular flexibility index (Phi) is 5.53. The molecule has 0 bridgehead atoms. The lowest BCUT2D eigenvalue weighted by Gasteiger charge is -2.19. The van der Waals surface area contributed by atoms with E-state index in [1.807, 2.05) is 31.3 Å². The average Bonchev–Trinajstić information content (AvgIpc) is 3.22. The third kappa shape index (κ3) is 4.27. The van der Waals surface area contributed by atoms with Gasteiger partial charge in [0.05, 0.1) is 24.9 Å². The molecule has 0 spiro atoms. The van der Waals surface area contributed by atoms with Crippen LogP contribution in [0.3, 0.4) is 0 Å². The number of nitrogens with zero attached hydrogens (tertiary/aromatic N) is 4. The number of allylic oxidation sites excluding steroid dienone is 1. The highest BCUT2D eigenvalue weighted by Crippen LogP contribution is 2.30. The highest BCUT2D eigenvalue weighted by molar-refractivity contribution is 5.84. The molecule has 152 valence electrons. The zero-order valence-electron chi connectivity index (χ0n) is 16.1. The van der Waals surface area contributed by atoms with Gasteiger partial charge in [0.2, 0.25) is 6.43 Å². The van der Waals surface area contributed by atoms with E-state index in [4.69, 9.17) is 9.47 Å². The Labute approximate surface area is 167 Å². The van der Waals surface area contributed by atoms with E-state index in [0.29, 0.717) is 30.4 Å². The van der Waals surface area contributed by atoms with Gasteiger partial charge in [0.15, 0.2) is 0 Å². The van der Waals surface area contributed by atoms with Gasteiger partial charge >= 0.3 is 0 Å². The monoisotopic (exact) mass is 400 g/mol. The van der Waals surface area contributed by atoms with E-state index in [0.717, 1.165) is 22.9 Å². The number of ether oxygens (including phenoxy) is 2. The van der Waals surface area contributed by atoms with Crippen molar-refractivity contribution in [3.8, 4) is 5.75 Å². The topological polar surface area (TPSA) is 62.1 Å². The lowest BCUT2D eigenvalue weighted by Crippen LogP contribution is -2.11. The Balaban J connectivity index is 1.50. The molecular formula is C21H22F2N4O2. The summed E-state index contributed by atoms with van der Waals surface area (Å²) in [6, 6.07) is 5.81. The Morgan fingerprint density at radius 2 is 2.24 bits per heavy atom. The number of aromatic nitrogens is 4. The molecule has 1 aliphatic rings. The second-order valence-electron chi connectivity index (χ2n) is 7.09. The highest BCUT2D eigenvalue weighted by Gasteiger charge is 2.17. The molecule has 4 rings (SSSR count). The first-order valence-electron chi connectivity index (χ1n) is 9.54. The predicted octanol–water partition coefficient (Wildman–Crippen LogP) is 4.56. The molecule has 1 aromatic carbocycles. The lowest BCUT2D eigenvalue weighted by atomic mass is 10.00. The van der Waals surface area contributed by atoms with Crippen molar-refractivity contribution in [1.82, 2.24) is 20.0 Å². The fraction of sp³-hybridized carbons (Fsp3) is 0.381. The van der Waals surface area contributed by atoms with Crippen molar-refractivity contribution >= 4 is 16.6 Å². The van der Waals surface area contributed by atoms with Crippen molar-refractivity contribution in [2.24, 2.45) is 0 Å². The summed E-state index contributed by atoms with van der Waals surface area (Å²) < 4.78 is 37.8. The summed E-state index contributed by atoms with van der Waals surface area (Å²) in [4.78, 5) is 4.50. The zero-order chi connectivity index (χ0) is 20.4. The minimum absolute atomic E-state index is 0.155. The maximum Gasteiger partial charge on any atom is 0.239 e. The summed E-state index contributed by atoms with van der Waals surface area (Å²) in [5.41, 5.74) is 4.36. The maximum absolute atomic E-state index is 12.4. The van der Waals surface area contributed by atoms with E-state index >= 15 is 0 Å². The van der Waals surface area contributed by atoms with Crippen molar-refractivity contribution in [2.45, 2.75) is 45.3 Å². The Morgan fingerprint density at radius 1 is 1.38 bits per heavy atom. The van der Waals surface area contributed by atoms with Crippen LogP contribution in [-0.2, 0) is 17.8 Å². The number of rotatable bonds is 7. The number of halogens is 2. The van der Waals surface area contributed by atoms with Gasteiger partial charge in [-0.25, -0.2) is 13.5 Å². The SMILES string of the molecule is C=C(CCC(F)F)n1cc(C(C)Oc2ccc3ncc4c(c3c2)CCOC4)nn1. The lowest BCUT2D eigenvalue weighted by molar-refractivity contribution is 0.111. The van der Waals surface area contributed by atoms with E-state index < -0.39 is 6.43 Å². The molecule has 0 aliphatic carbocycles. The molecule has 1 aliphatic heterocycles. The van der Waals surface area contributed by atoms with Crippen LogP contribution in [0.4, 0.5) is 8.78 Å². The summed E-state index contributed by atoms with van der Waals surface area (Å²) in [7, 11) is 0. The number of hydrogen-bond donors (Lipinski definition) is 0. The van der Waals surface area contributed by atoms with Crippen LogP contribution in [0.1, 0.15) is 42.7 Å². The molecular weight excluding hydrogens is 378 g/mol. The first kappa shape index (κ1) is 19.4. The first-order chi connectivity index (χ1) is 14.0. The minimum Gasteiger partial charge on any atom is -0.484 e. The highest BCUT2D eigenvalue weighted by atomic mass is 19.3. The molecule has 3 aromatic rings. The molecule has 0 saturated carbocycles. The first-order valence-corrected chi connectivity index (χ1v) is 9.54. The third-order valence-electron chi connectivity index (χ3n) is 5.01. The Hall–Kier alpha value is -2.87. The molecule has 0 saturated heterocycles. The number of fused-ring (bicyclic) bond motifs is 3. The van der Waals surface area contributed by atoms with Gasteiger partial charge in [0.25, 0.3) is 0 Å². The number of alkyl halides is 2. The molecule has 1 atom stereocenters. The van der Waals surface area contributed by atoms with Crippen LogP contribution in [-0.4, -0.2) is 33.0 Å². The van der Waals surface area contributed by atoms with Crippen molar-refractivity contribution < 1.29 is 18.3 Å². The second kappa shape index (κ2) is 8.24. The predicted molar refractivity (Wildman–Crippen MR) is 105 cm³/mol. The molecule has 0 N–H and O–H groups in total. The number of pyridine rings is 1. The van der Waals surface area contributed by atoms with Crippen LogP contribution in [0.5, 0.6) is 5.75 Å². The van der Waals surface area contributed by atoms with Crippen molar-refractivity contribution in [2.75, 3.05) is 6.61 Å². The van der Waals surface area contributed by atoms with Crippen molar-refractivity contribution in [3.63, 3.8) is 0 Å². The molecule has 1 unspecified atom stereocenters. The van der Waals surface area contributed by atoms with Crippen LogP contribution in [0.25, 0.3) is 16.6 Å². The summed E-state index contributed by atoms with van der Waals surface area (Å²) in [5.74, 6) is 0.706. The zero-order valence-corrected chi connectivity index (χ0v) is 16.1. The normalized spacial score (nSPS) is 14.8. The standard InChI is InChI=1S/C21H22F2N4O2/c1-13(3-6-21(22)23)27-11-20(25-26-27)14(2)29-16-4-5-19-18(9-16)17-7-8-28-12-15(17)10-24-19/h4-5,9-11,14,21H,1,3,6-8,12H2,2H3. The van der Waals surface area contributed by atoms with E-state index in [1.165, 1.54) is 10.2 Å². The van der Waals surface area contributed by atoms with Crippen LogP contribution >= 0.6 is 0 Å². The molecule has 2 aromatic heterocycles. The number of benzene rings is 1. The minimum atomic E-state index is -2.36. The van der Waals surface area contributed by atoms with Crippen molar-refractivity contribution in [1.29, 1.82) is 0 Å². The van der Waals surface area contributed by atoms with E-state index in [-0.39, 0.29) is 18.9 Å². The summed E-state index contributed by atoms with van der Waals surface area (Å²) in [6.07, 6.45) is 1.57. The quantitative estimate of drug-likeness (QED) is 0.582. The molecule has 0 fully saturated rings. The molecule has 0 radical (unpaired) electrons. The maximum atomic E-state index is 12.4. The molecule has 6 nitrogen and oxygen atoms in total. The molecule has 29 heavy (non-hydrogen) atoms. The van der Waals surface area contributed by atoms with Gasteiger partial charge in [-0.1, -0.05) is 11.8 Å². The average molecular weight is 400 g/mol. The van der Waals surface area contributed by atoms with Gasteiger partial charge in [0.1, 0.15) is 17.5 Å². The van der Waals surface area contributed by atoms with E-state index in [2.05, 4.69) is 21.9 Å². The van der Waals surface area contributed by atoms with Crippen LogP contribution in [0, 0.1) is 0 Å². The van der Waals surface area contributed by atoms with E-state index in [9.17, 15) is 8.78 Å². The van der Waals surface area contributed by atoms with Crippen LogP contribution in [0.15, 0.2) is 37.2 Å². The third-order valence-corrected chi connectivity index (χ3v) is 5.01. The van der Waals surface area contributed by atoms with Crippen LogP contribution in [0.2, 0.25) is 0 Å². The fourth-order valence-electron chi connectivity index (χ4n) is 3.39. The number of hydrogen-bond acceptors (Lipinski definition) is 5. The van der Waals surface area contributed by atoms with Gasteiger partial charge in [-0.05, 0) is 49.1 Å². The molecule has 8 heteroatoms. The smallest absolute Gasteiger partial charge is 0.239 e. The summed E-state index contributed by atoms with van der Waals surface area (Å²) in [5, 5.41) is 9.16. The van der Waals surface area contributed by atoms with Crippen LogP contribution < -0.4 is 4.74 Å². The Bertz CT molecular complexity index is 1030. The largest absolute Gasteiger partial charge is 0.484 e. The van der Waals surface area contributed by atoms with Gasteiger partial charge in [-0.3, -0.25) is 4.98 Å². The summed E-state index contributed by atoms with van der Waals surface area (Å²) in [6.45, 7) is 6.95. The van der Waals surface area contributed by atoms with Gasteiger partial charge in [0, 0.05) is 23.7 Å². The molecule has 0 amide bonds. The van der Waals surface area contributed by atoms with Crippen molar-refractivity contribution in [3.05, 3.63) is 54.0 Å². The van der Waals surface area contributed by atoms with Gasteiger partial charge < -0.3 is 9.47 Å². The summed E-state index contributed by atoms with van der Waals surface area (Å²) >= 11 is 0. The Morgan fingerprint density at radius 3 is 3.07 bits per heavy atom. The van der Waals surface area contributed by atoms with Gasteiger partial charge in [-0.2, -0.15) is 0 Å². The molecule has 3 heterocycles.